The molecular weight excluding hydrogens is 339 g/mol. The van der Waals surface area contributed by atoms with E-state index in [1.807, 2.05) is 0 Å². The van der Waals surface area contributed by atoms with Crippen LogP contribution in [-0.4, -0.2) is 30.8 Å². The molecule has 5 nitrogen and oxygen atoms in total. The summed E-state index contributed by atoms with van der Waals surface area (Å²) in [4.78, 5) is 16.9. The fourth-order valence-corrected chi connectivity index (χ4v) is 3.30. The van der Waals surface area contributed by atoms with Gasteiger partial charge in [-0.15, -0.1) is 11.3 Å². The molecule has 1 aromatic carbocycles. The number of aryl methyl sites for hydroxylation is 1. The van der Waals surface area contributed by atoms with Crippen molar-refractivity contribution in [1.29, 1.82) is 0 Å². The summed E-state index contributed by atoms with van der Waals surface area (Å²) < 4.78 is 36.5. The normalized spacial score (nSPS) is 12.9. The highest BCUT2D eigenvalue weighted by atomic mass is 32.2. The molecule has 2 rings (SSSR count). The number of halogens is 1. The summed E-state index contributed by atoms with van der Waals surface area (Å²) in [6.45, 7) is 3.09. The quantitative estimate of drug-likeness (QED) is 0.893. The number of anilines is 1. The molecule has 0 saturated carbocycles. The first-order valence-corrected chi connectivity index (χ1v) is 9.65. The lowest BCUT2D eigenvalue weighted by Crippen LogP contribution is -2.31. The van der Waals surface area contributed by atoms with E-state index in [4.69, 9.17) is 0 Å². The molecule has 23 heavy (non-hydrogen) atoms. The monoisotopic (exact) mass is 356 g/mol. The van der Waals surface area contributed by atoms with Gasteiger partial charge in [0.05, 0.1) is 5.69 Å². The Labute approximate surface area is 138 Å². The molecule has 1 N–H and O–H groups in total. The van der Waals surface area contributed by atoms with Crippen LogP contribution in [-0.2, 0) is 21.1 Å². The average molecular weight is 356 g/mol. The Morgan fingerprint density at radius 3 is 2.65 bits per heavy atom. The predicted octanol–water partition coefficient (Wildman–Crippen LogP) is 2.55. The smallest absolute Gasteiger partial charge is 0.244 e. The van der Waals surface area contributed by atoms with Crippen LogP contribution in [0, 0.1) is 12.7 Å². The highest BCUT2D eigenvalue weighted by Crippen LogP contribution is 2.26. The molecule has 1 aromatic heterocycles. The minimum Gasteiger partial charge on any atom is -0.301 e. The van der Waals surface area contributed by atoms with Crippen molar-refractivity contribution in [2.75, 3.05) is 11.6 Å². The number of carbonyl (C=O) groups excluding carboxylic acids is 1. The highest BCUT2D eigenvalue weighted by Gasteiger charge is 2.24. The third-order valence-corrected chi connectivity index (χ3v) is 6.01. The molecule has 0 radical (unpaired) electrons. The summed E-state index contributed by atoms with van der Waals surface area (Å²) in [7, 11) is -3.46. The van der Waals surface area contributed by atoms with E-state index >= 15 is 0 Å². The summed E-state index contributed by atoms with van der Waals surface area (Å²) in [5.41, 5.74) is 1.22. The Hall–Kier alpha value is -1.80. The highest BCUT2D eigenvalue weighted by molar-refractivity contribution is 7.92. The third-order valence-electron chi connectivity index (χ3n) is 3.44. The second kappa shape index (κ2) is 6.76. The van der Waals surface area contributed by atoms with Crippen LogP contribution in [0.1, 0.15) is 23.1 Å². The maximum Gasteiger partial charge on any atom is 0.244 e. The van der Waals surface area contributed by atoms with E-state index < -0.39 is 21.0 Å². The molecule has 0 unspecified atom stereocenters. The Balaban J connectivity index is 2.16. The van der Waals surface area contributed by atoms with Crippen molar-refractivity contribution in [3.8, 4) is 0 Å². The molecule has 1 heterocycles. The number of carbonyl (C=O) groups is 1. The second-order valence-electron chi connectivity index (χ2n) is 5.26. The molecule has 0 aliphatic rings. The van der Waals surface area contributed by atoms with E-state index in [0.717, 1.165) is 11.1 Å². The zero-order chi connectivity index (χ0) is 17.2. The Bertz CT molecular complexity index is 831. The van der Waals surface area contributed by atoms with Gasteiger partial charge in [-0.2, -0.15) is 0 Å². The topological polar surface area (TPSA) is 76.1 Å². The van der Waals surface area contributed by atoms with Gasteiger partial charge < -0.3 is 5.32 Å². The summed E-state index contributed by atoms with van der Waals surface area (Å²) in [5.74, 6) is -0.921. The maximum atomic E-state index is 13.7. The number of amides is 1. The number of nitrogens with one attached hydrogen (secondary N) is 1. The molecular formula is C15H17FN2O3S2. The number of thiazole rings is 1. The van der Waals surface area contributed by atoms with Crippen molar-refractivity contribution in [2.45, 2.75) is 25.5 Å². The summed E-state index contributed by atoms with van der Waals surface area (Å²) in [6, 6.07) is 6.46. The van der Waals surface area contributed by atoms with Gasteiger partial charge >= 0.3 is 0 Å². The lowest BCUT2D eigenvalue weighted by Gasteiger charge is -2.07. The van der Waals surface area contributed by atoms with Gasteiger partial charge in [0.15, 0.2) is 15.0 Å². The molecule has 1 atom stereocenters. The molecule has 0 spiro atoms. The van der Waals surface area contributed by atoms with Crippen LogP contribution in [0.4, 0.5) is 9.52 Å². The lowest BCUT2D eigenvalue weighted by molar-refractivity contribution is -0.115. The van der Waals surface area contributed by atoms with Crippen molar-refractivity contribution in [3.63, 3.8) is 0 Å². The number of hydrogen-bond acceptors (Lipinski definition) is 5. The first-order chi connectivity index (χ1) is 10.7. The Morgan fingerprint density at radius 2 is 2.04 bits per heavy atom. The second-order valence-corrected chi connectivity index (χ2v) is 8.71. The van der Waals surface area contributed by atoms with E-state index in [0.29, 0.717) is 22.8 Å². The number of benzene rings is 1. The summed E-state index contributed by atoms with van der Waals surface area (Å²) >= 11 is 1.21. The molecule has 0 fully saturated rings. The molecule has 8 heteroatoms. The maximum absolute atomic E-state index is 13.7. The Morgan fingerprint density at radius 1 is 1.39 bits per heavy atom. The number of hydrogen-bond donors (Lipinski definition) is 1. The average Bonchev–Trinajstić information content (AvgIpc) is 2.79. The minimum absolute atomic E-state index is 0.295. The van der Waals surface area contributed by atoms with Crippen LogP contribution in [0.3, 0.4) is 0 Å². The zero-order valence-corrected chi connectivity index (χ0v) is 14.6. The van der Waals surface area contributed by atoms with Crippen LogP contribution >= 0.6 is 11.3 Å². The van der Waals surface area contributed by atoms with Crippen molar-refractivity contribution in [2.24, 2.45) is 0 Å². The fraction of sp³-hybridized carbons (Fsp3) is 0.333. The van der Waals surface area contributed by atoms with Crippen LogP contribution in [0.25, 0.3) is 0 Å². The molecule has 1 amide bonds. The van der Waals surface area contributed by atoms with Crippen molar-refractivity contribution in [1.82, 2.24) is 4.98 Å². The summed E-state index contributed by atoms with van der Waals surface area (Å²) in [5, 5.41) is 1.67. The number of nitrogens with zero attached hydrogens (tertiary/aromatic N) is 1. The van der Waals surface area contributed by atoms with Gasteiger partial charge in [0.2, 0.25) is 5.91 Å². The molecule has 0 aliphatic carbocycles. The number of sulfone groups is 1. The van der Waals surface area contributed by atoms with Gasteiger partial charge in [0, 0.05) is 17.6 Å². The van der Waals surface area contributed by atoms with Gasteiger partial charge in [-0.3, -0.25) is 4.79 Å². The zero-order valence-electron chi connectivity index (χ0n) is 13.0. The van der Waals surface area contributed by atoms with E-state index in [9.17, 15) is 17.6 Å². The van der Waals surface area contributed by atoms with Gasteiger partial charge in [-0.25, -0.2) is 17.8 Å². The first kappa shape index (κ1) is 17.6. The van der Waals surface area contributed by atoms with E-state index in [2.05, 4.69) is 10.3 Å². The van der Waals surface area contributed by atoms with Gasteiger partial charge in [0.25, 0.3) is 0 Å². The SMILES string of the molecule is Cc1nc(NC(=O)[C@@H](C)S(C)(=O)=O)sc1Cc1ccccc1F. The fourth-order valence-electron chi connectivity index (χ4n) is 1.86. The largest absolute Gasteiger partial charge is 0.301 e. The standard InChI is InChI=1S/C15H17FN2O3S2/c1-9-13(8-11-6-4-5-7-12(11)16)22-15(17-9)18-14(19)10(2)23(3,20)21/h4-7,10H,8H2,1-3H3,(H,17,18,19)/t10-/m1/s1. The van der Waals surface area contributed by atoms with Gasteiger partial charge in [-0.05, 0) is 25.5 Å². The molecule has 0 bridgehead atoms. The third kappa shape index (κ3) is 4.35. The van der Waals surface area contributed by atoms with E-state index in [1.165, 1.54) is 24.3 Å². The van der Waals surface area contributed by atoms with E-state index in [1.54, 1.807) is 25.1 Å². The predicted molar refractivity (Wildman–Crippen MR) is 89.0 cm³/mol. The van der Waals surface area contributed by atoms with Gasteiger partial charge in [-0.1, -0.05) is 18.2 Å². The lowest BCUT2D eigenvalue weighted by atomic mass is 10.1. The number of aromatic nitrogens is 1. The van der Waals surface area contributed by atoms with Crippen LogP contribution < -0.4 is 5.32 Å². The van der Waals surface area contributed by atoms with Crippen LogP contribution in [0.5, 0.6) is 0 Å². The number of rotatable bonds is 5. The van der Waals surface area contributed by atoms with E-state index in [-0.39, 0.29) is 5.82 Å². The molecule has 2 aromatic rings. The summed E-state index contributed by atoms with van der Waals surface area (Å²) in [6.07, 6.45) is 1.38. The molecule has 124 valence electrons. The molecule has 0 aliphatic heterocycles. The van der Waals surface area contributed by atoms with Gasteiger partial charge in [0.1, 0.15) is 11.1 Å². The minimum atomic E-state index is -3.46. The molecule has 0 saturated heterocycles. The van der Waals surface area contributed by atoms with Crippen molar-refractivity contribution >= 4 is 32.2 Å². The van der Waals surface area contributed by atoms with Crippen molar-refractivity contribution in [3.05, 3.63) is 46.2 Å². The first-order valence-electron chi connectivity index (χ1n) is 6.88. The Kier molecular flexibility index (Phi) is 5.16. The van der Waals surface area contributed by atoms with Crippen LogP contribution in [0.2, 0.25) is 0 Å². The van der Waals surface area contributed by atoms with Crippen LogP contribution in [0.15, 0.2) is 24.3 Å². The van der Waals surface area contributed by atoms with Crippen molar-refractivity contribution < 1.29 is 17.6 Å².